The number of rotatable bonds is 4. The zero-order valence-corrected chi connectivity index (χ0v) is 13.1. The lowest BCUT2D eigenvalue weighted by atomic mass is 10.0. The molecule has 1 fully saturated rings. The Kier molecular flexibility index (Phi) is 3.70. The van der Waals surface area contributed by atoms with Gasteiger partial charge >= 0.3 is 0 Å². The number of thiophene rings is 1. The van der Waals surface area contributed by atoms with Gasteiger partial charge in [0.25, 0.3) is 0 Å². The van der Waals surface area contributed by atoms with Crippen molar-refractivity contribution in [2.45, 2.75) is 44.3 Å². The lowest BCUT2D eigenvalue weighted by Gasteiger charge is -2.31. The molecule has 1 saturated carbocycles. The van der Waals surface area contributed by atoms with E-state index in [1.807, 2.05) is 11.3 Å². The first-order chi connectivity index (χ1) is 10.4. The van der Waals surface area contributed by atoms with Gasteiger partial charge in [-0.3, -0.25) is 4.90 Å². The van der Waals surface area contributed by atoms with Crippen LogP contribution in [0.25, 0.3) is 0 Å². The third kappa shape index (κ3) is 2.99. The molecule has 21 heavy (non-hydrogen) atoms. The Hall–Kier alpha value is -1.32. The summed E-state index contributed by atoms with van der Waals surface area (Å²) >= 11 is 1.81. The van der Waals surface area contributed by atoms with Gasteiger partial charge in [0.1, 0.15) is 0 Å². The summed E-state index contributed by atoms with van der Waals surface area (Å²) in [6.45, 7) is 2.20. The Morgan fingerprint density at radius 1 is 1.10 bits per heavy atom. The second kappa shape index (κ2) is 5.82. The molecule has 0 bridgehead atoms. The molecular weight excluding hydrogens is 276 g/mol. The van der Waals surface area contributed by atoms with Gasteiger partial charge in [-0.25, -0.2) is 0 Å². The van der Waals surface area contributed by atoms with Crippen molar-refractivity contribution in [3.05, 3.63) is 52.2 Å². The van der Waals surface area contributed by atoms with Gasteiger partial charge in [0.15, 0.2) is 0 Å². The molecule has 110 valence electrons. The van der Waals surface area contributed by atoms with Crippen LogP contribution in [0.2, 0.25) is 0 Å². The normalized spacial score (nSPS) is 21.7. The number of nitrogens with zero attached hydrogens (tertiary/aromatic N) is 1. The zero-order valence-electron chi connectivity index (χ0n) is 12.3. The van der Waals surface area contributed by atoms with Crippen LogP contribution in [-0.2, 0) is 13.0 Å². The zero-order chi connectivity index (χ0) is 14.1. The van der Waals surface area contributed by atoms with Gasteiger partial charge in [-0.2, -0.15) is 11.3 Å². The van der Waals surface area contributed by atoms with Crippen LogP contribution in [-0.4, -0.2) is 23.5 Å². The van der Waals surface area contributed by atoms with E-state index in [1.54, 1.807) is 0 Å². The smallest absolute Gasteiger partial charge is 0.0373 e. The fourth-order valence-corrected chi connectivity index (χ4v) is 4.06. The van der Waals surface area contributed by atoms with Crippen molar-refractivity contribution in [3.8, 4) is 0 Å². The van der Waals surface area contributed by atoms with Crippen LogP contribution >= 0.6 is 11.3 Å². The van der Waals surface area contributed by atoms with E-state index in [4.69, 9.17) is 0 Å². The van der Waals surface area contributed by atoms with Crippen LogP contribution in [0.5, 0.6) is 0 Å². The minimum atomic E-state index is 0.657. The van der Waals surface area contributed by atoms with Crippen molar-refractivity contribution in [1.29, 1.82) is 0 Å². The predicted molar refractivity (Wildman–Crippen MR) is 89.9 cm³/mol. The molecule has 2 nitrogen and oxygen atoms in total. The van der Waals surface area contributed by atoms with Gasteiger partial charge in [-0.15, -0.1) is 0 Å². The molecule has 1 unspecified atom stereocenters. The highest BCUT2D eigenvalue weighted by atomic mass is 32.1. The highest BCUT2D eigenvalue weighted by molar-refractivity contribution is 7.07. The fraction of sp³-hybridized carbons (Fsp3) is 0.444. The number of fused-ring (bicyclic) bond motifs is 1. The molecule has 3 heteroatoms. The first kappa shape index (κ1) is 13.4. The quantitative estimate of drug-likeness (QED) is 0.912. The first-order valence-corrected chi connectivity index (χ1v) is 8.93. The molecule has 2 aromatic rings. The van der Waals surface area contributed by atoms with E-state index < -0.39 is 0 Å². The van der Waals surface area contributed by atoms with Crippen LogP contribution in [0.15, 0.2) is 41.1 Å². The molecule has 0 saturated heterocycles. The summed E-state index contributed by atoms with van der Waals surface area (Å²) < 4.78 is 0. The van der Waals surface area contributed by atoms with Crippen molar-refractivity contribution in [2.24, 2.45) is 0 Å². The standard InChI is InChI=1S/C18H22N2S/c1-2-4-18-15(3-1)5-6-17(11-19-18)20(16-7-8-16)12-14-9-10-21-13-14/h1-4,9-10,13,16-17,19H,5-8,11-12H2. The summed E-state index contributed by atoms with van der Waals surface area (Å²) in [5.74, 6) is 0. The van der Waals surface area contributed by atoms with Crippen molar-refractivity contribution in [1.82, 2.24) is 4.90 Å². The van der Waals surface area contributed by atoms with E-state index in [0.29, 0.717) is 6.04 Å². The van der Waals surface area contributed by atoms with E-state index in [2.05, 4.69) is 51.3 Å². The average Bonchev–Trinajstić information content (AvgIpc) is 3.27. The van der Waals surface area contributed by atoms with Gasteiger partial charge < -0.3 is 5.32 Å². The van der Waals surface area contributed by atoms with Gasteiger partial charge in [0.05, 0.1) is 0 Å². The number of aryl methyl sites for hydroxylation is 1. The van der Waals surface area contributed by atoms with Crippen LogP contribution in [0.3, 0.4) is 0 Å². The topological polar surface area (TPSA) is 15.3 Å². The Labute approximate surface area is 130 Å². The number of nitrogens with one attached hydrogen (secondary N) is 1. The lowest BCUT2D eigenvalue weighted by molar-refractivity contribution is 0.177. The largest absolute Gasteiger partial charge is 0.383 e. The highest BCUT2D eigenvalue weighted by Crippen LogP contribution is 2.33. The molecule has 0 spiro atoms. The third-order valence-corrected chi connectivity index (χ3v) is 5.45. The summed E-state index contributed by atoms with van der Waals surface area (Å²) in [5.41, 5.74) is 4.30. The van der Waals surface area contributed by atoms with E-state index >= 15 is 0 Å². The van der Waals surface area contributed by atoms with Gasteiger partial charge in [0, 0.05) is 30.9 Å². The molecule has 1 aromatic heterocycles. The molecule has 1 atom stereocenters. The molecule has 4 rings (SSSR count). The van der Waals surface area contributed by atoms with Crippen molar-refractivity contribution in [3.63, 3.8) is 0 Å². The monoisotopic (exact) mass is 298 g/mol. The van der Waals surface area contributed by atoms with Gasteiger partial charge in [-0.1, -0.05) is 18.2 Å². The lowest BCUT2D eigenvalue weighted by Crippen LogP contribution is -2.40. The number of anilines is 1. The van der Waals surface area contributed by atoms with Crippen LogP contribution in [0, 0.1) is 0 Å². The number of hydrogen-bond donors (Lipinski definition) is 1. The van der Waals surface area contributed by atoms with Gasteiger partial charge in [-0.05, 0) is 59.7 Å². The first-order valence-electron chi connectivity index (χ1n) is 7.99. The van der Waals surface area contributed by atoms with Crippen molar-refractivity contribution >= 4 is 17.0 Å². The maximum atomic E-state index is 3.68. The van der Waals surface area contributed by atoms with Crippen LogP contribution in [0.4, 0.5) is 5.69 Å². The van der Waals surface area contributed by atoms with E-state index in [-0.39, 0.29) is 0 Å². The Bertz CT molecular complexity index is 562. The van der Waals surface area contributed by atoms with Crippen LogP contribution in [0.1, 0.15) is 30.4 Å². The van der Waals surface area contributed by atoms with Crippen molar-refractivity contribution in [2.75, 3.05) is 11.9 Å². The predicted octanol–water partition coefficient (Wildman–Crippen LogP) is 4.14. The Morgan fingerprint density at radius 2 is 2.00 bits per heavy atom. The van der Waals surface area contributed by atoms with Gasteiger partial charge in [0.2, 0.25) is 0 Å². The maximum absolute atomic E-state index is 3.68. The summed E-state index contributed by atoms with van der Waals surface area (Å²) in [4.78, 5) is 2.75. The van der Waals surface area contributed by atoms with Crippen molar-refractivity contribution < 1.29 is 0 Å². The van der Waals surface area contributed by atoms with E-state index in [9.17, 15) is 0 Å². The molecule has 2 heterocycles. The minimum absolute atomic E-state index is 0.657. The summed E-state index contributed by atoms with van der Waals surface area (Å²) in [5, 5.41) is 8.17. The molecular formula is C18H22N2S. The molecule has 0 radical (unpaired) electrons. The minimum Gasteiger partial charge on any atom is -0.383 e. The molecule has 1 aromatic carbocycles. The molecule has 2 aliphatic rings. The number of para-hydroxylation sites is 1. The molecule has 1 aliphatic heterocycles. The SMILES string of the molecule is c1ccc2c(c1)CCC(N(Cc1ccsc1)C1CC1)CN2. The second-order valence-corrected chi connectivity index (χ2v) is 7.05. The van der Waals surface area contributed by atoms with E-state index in [1.165, 1.54) is 42.5 Å². The second-order valence-electron chi connectivity index (χ2n) is 6.27. The highest BCUT2D eigenvalue weighted by Gasteiger charge is 2.34. The van der Waals surface area contributed by atoms with E-state index in [0.717, 1.165) is 19.1 Å². The van der Waals surface area contributed by atoms with Crippen LogP contribution < -0.4 is 5.32 Å². The number of benzene rings is 1. The molecule has 0 amide bonds. The Morgan fingerprint density at radius 3 is 2.81 bits per heavy atom. The average molecular weight is 298 g/mol. The third-order valence-electron chi connectivity index (χ3n) is 4.72. The Balaban J connectivity index is 1.49. The molecule has 1 N–H and O–H groups in total. The number of hydrogen-bond acceptors (Lipinski definition) is 3. The summed E-state index contributed by atoms with van der Waals surface area (Å²) in [6.07, 6.45) is 5.23. The summed E-state index contributed by atoms with van der Waals surface area (Å²) in [6, 6.07) is 12.5. The maximum Gasteiger partial charge on any atom is 0.0373 e. The summed E-state index contributed by atoms with van der Waals surface area (Å²) in [7, 11) is 0. The fourth-order valence-electron chi connectivity index (χ4n) is 3.40. The molecule has 1 aliphatic carbocycles.